The molecule has 0 bridgehead atoms. The number of ether oxygens (including phenoxy) is 1. The summed E-state index contributed by atoms with van der Waals surface area (Å²) in [6.45, 7) is 2.00. The highest BCUT2D eigenvalue weighted by Gasteiger charge is 2.06. The highest BCUT2D eigenvalue weighted by Crippen LogP contribution is 2.22. The van der Waals surface area contributed by atoms with Crippen molar-refractivity contribution in [1.82, 2.24) is 24.7 Å². The van der Waals surface area contributed by atoms with Crippen LogP contribution >= 0.6 is 0 Å². The van der Waals surface area contributed by atoms with Crippen LogP contribution in [0.4, 0.5) is 0 Å². The van der Waals surface area contributed by atoms with E-state index in [1.165, 1.54) is 0 Å². The molecule has 3 rings (SSSR count). The standard InChI is InChI=1S/C14H13N5O/c1-10-5-12(11-3-4-13(20-2)15-6-11)7-16-14(10)19-8-17-18-9-19/h3-9H,1-2H3. The number of nitrogens with zero attached hydrogens (tertiary/aromatic N) is 5. The van der Waals surface area contributed by atoms with E-state index >= 15 is 0 Å². The number of methoxy groups -OCH3 is 1. The van der Waals surface area contributed by atoms with E-state index in [1.54, 1.807) is 30.5 Å². The molecular weight excluding hydrogens is 254 g/mol. The summed E-state index contributed by atoms with van der Waals surface area (Å²) in [6.07, 6.45) is 6.84. The molecule has 3 heterocycles. The zero-order valence-electron chi connectivity index (χ0n) is 11.2. The Morgan fingerprint density at radius 1 is 1.00 bits per heavy atom. The second-order valence-electron chi connectivity index (χ2n) is 4.32. The van der Waals surface area contributed by atoms with Crippen LogP contribution in [0.1, 0.15) is 5.56 Å². The van der Waals surface area contributed by atoms with Gasteiger partial charge in [-0.3, -0.25) is 4.57 Å². The highest BCUT2D eigenvalue weighted by atomic mass is 16.5. The summed E-state index contributed by atoms with van der Waals surface area (Å²) in [5.41, 5.74) is 3.05. The van der Waals surface area contributed by atoms with E-state index in [0.29, 0.717) is 5.88 Å². The fraction of sp³-hybridized carbons (Fsp3) is 0.143. The molecule has 0 N–H and O–H groups in total. The molecule has 0 amide bonds. The number of pyridine rings is 2. The average Bonchev–Trinajstić information content (AvgIpc) is 3.01. The Morgan fingerprint density at radius 3 is 2.35 bits per heavy atom. The van der Waals surface area contributed by atoms with Crippen molar-refractivity contribution in [3.8, 4) is 22.8 Å². The van der Waals surface area contributed by atoms with E-state index in [1.807, 2.05) is 25.3 Å². The summed E-state index contributed by atoms with van der Waals surface area (Å²) in [4.78, 5) is 8.66. The Hall–Kier alpha value is -2.76. The minimum Gasteiger partial charge on any atom is -0.481 e. The van der Waals surface area contributed by atoms with Crippen molar-refractivity contribution in [3.63, 3.8) is 0 Å². The molecule has 6 nitrogen and oxygen atoms in total. The third kappa shape index (κ3) is 2.23. The first kappa shape index (κ1) is 12.3. The average molecular weight is 267 g/mol. The molecule has 0 saturated heterocycles. The molecule has 3 aromatic heterocycles. The van der Waals surface area contributed by atoms with Crippen LogP contribution in [0.25, 0.3) is 16.9 Å². The molecule has 6 heteroatoms. The fourth-order valence-corrected chi connectivity index (χ4v) is 1.98. The number of aromatic nitrogens is 5. The zero-order chi connectivity index (χ0) is 13.9. The van der Waals surface area contributed by atoms with E-state index in [9.17, 15) is 0 Å². The van der Waals surface area contributed by atoms with Crippen LogP contribution < -0.4 is 4.74 Å². The summed E-state index contributed by atoms with van der Waals surface area (Å²) < 4.78 is 6.84. The van der Waals surface area contributed by atoms with Crippen LogP contribution in [-0.4, -0.2) is 31.8 Å². The van der Waals surface area contributed by atoms with Gasteiger partial charge in [0.2, 0.25) is 5.88 Å². The van der Waals surface area contributed by atoms with Gasteiger partial charge in [-0.15, -0.1) is 10.2 Å². The molecule has 0 radical (unpaired) electrons. The van der Waals surface area contributed by atoms with Crippen molar-refractivity contribution in [2.45, 2.75) is 6.92 Å². The molecule has 0 unspecified atom stereocenters. The maximum Gasteiger partial charge on any atom is 0.212 e. The van der Waals surface area contributed by atoms with Crippen molar-refractivity contribution in [2.75, 3.05) is 7.11 Å². The van der Waals surface area contributed by atoms with Gasteiger partial charge < -0.3 is 4.74 Å². The molecule has 0 saturated carbocycles. The largest absolute Gasteiger partial charge is 0.481 e. The second kappa shape index (κ2) is 5.08. The Bertz CT molecular complexity index is 707. The van der Waals surface area contributed by atoms with Crippen LogP contribution in [0.2, 0.25) is 0 Å². The lowest BCUT2D eigenvalue weighted by atomic mass is 10.1. The third-order valence-electron chi connectivity index (χ3n) is 2.99. The molecular formula is C14H13N5O. The molecule has 20 heavy (non-hydrogen) atoms. The van der Waals surface area contributed by atoms with E-state index in [-0.39, 0.29) is 0 Å². The molecule has 0 aliphatic carbocycles. The topological polar surface area (TPSA) is 65.7 Å². The molecule has 0 atom stereocenters. The van der Waals surface area contributed by atoms with Crippen LogP contribution in [0, 0.1) is 6.92 Å². The maximum absolute atomic E-state index is 5.05. The zero-order valence-corrected chi connectivity index (χ0v) is 11.2. The van der Waals surface area contributed by atoms with Gasteiger partial charge in [-0.25, -0.2) is 9.97 Å². The summed E-state index contributed by atoms with van der Waals surface area (Å²) in [7, 11) is 1.60. The van der Waals surface area contributed by atoms with Crippen LogP contribution in [-0.2, 0) is 0 Å². The molecule has 0 fully saturated rings. The first-order valence-corrected chi connectivity index (χ1v) is 6.10. The smallest absolute Gasteiger partial charge is 0.212 e. The highest BCUT2D eigenvalue weighted by molar-refractivity contribution is 5.63. The lowest BCUT2D eigenvalue weighted by Gasteiger charge is -2.08. The number of hydrogen-bond donors (Lipinski definition) is 0. The van der Waals surface area contributed by atoms with Crippen molar-refractivity contribution < 1.29 is 4.74 Å². The van der Waals surface area contributed by atoms with Crippen molar-refractivity contribution in [2.24, 2.45) is 0 Å². The molecule has 0 aromatic carbocycles. The SMILES string of the molecule is COc1ccc(-c2cnc(-n3cnnc3)c(C)c2)cn1. The van der Waals surface area contributed by atoms with Gasteiger partial charge in [0.1, 0.15) is 18.5 Å². The molecule has 0 aliphatic heterocycles. The van der Waals surface area contributed by atoms with E-state index in [4.69, 9.17) is 4.74 Å². The van der Waals surface area contributed by atoms with Crippen LogP contribution in [0.15, 0.2) is 43.2 Å². The van der Waals surface area contributed by atoms with Gasteiger partial charge in [0.15, 0.2) is 0 Å². The van der Waals surface area contributed by atoms with Crippen molar-refractivity contribution in [3.05, 3.63) is 48.8 Å². The summed E-state index contributed by atoms with van der Waals surface area (Å²) in [5, 5.41) is 7.58. The van der Waals surface area contributed by atoms with E-state index in [0.717, 1.165) is 22.5 Å². The Morgan fingerprint density at radius 2 is 1.75 bits per heavy atom. The third-order valence-corrected chi connectivity index (χ3v) is 2.99. The predicted octanol–water partition coefficient (Wildman–Crippen LogP) is 2.04. The van der Waals surface area contributed by atoms with Crippen LogP contribution in [0.5, 0.6) is 5.88 Å². The first-order chi connectivity index (χ1) is 9.78. The van der Waals surface area contributed by atoms with Crippen LogP contribution in [0.3, 0.4) is 0 Å². The Balaban J connectivity index is 1.97. The number of rotatable bonds is 3. The van der Waals surface area contributed by atoms with Gasteiger partial charge in [0.05, 0.1) is 7.11 Å². The van der Waals surface area contributed by atoms with E-state index in [2.05, 4.69) is 26.2 Å². The molecule has 0 aliphatic rings. The predicted molar refractivity (Wildman–Crippen MR) is 73.7 cm³/mol. The monoisotopic (exact) mass is 267 g/mol. The number of aryl methyl sites for hydroxylation is 1. The van der Waals surface area contributed by atoms with Crippen molar-refractivity contribution in [1.29, 1.82) is 0 Å². The Labute approximate surface area is 116 Å². The normalized spacial score (nSPS) is 10.5. The van der Waals surface area contributed by atoms with Gasteiger partial charge in [0.25, 0.3) is 0 Å². The fourth-order valence-electron chi connectivity index (χ4n) is 1.98. The maximum atomic E-state index is 5.05. The van der Waals surface area contributed by atoms with Gasteiger partial charge in [0, 0.05) is 29.6 Å². The lowest BCUT2D eigenvalue weighted by Crippen LogP contribution is -1.98. The first-order valence-electron chi connectivity index (χ1n) is 6.10. The van der Waals surface area contributed by atoms with Gasteiger partial charge >= 0.3 is 0 Å². The van der Waals surface area contributed by atoms with E-state index < -0.39 is 0 Å². The molecule has 100 valence electrons. The number of hydrogen-bond acceptors (Lipinski definition) is 5. The van der Waals surface area contributed by atoms with Crippen molar-refractivity contribution >= 4 is 0 Å². The second-order valence-corrected chi connectivity index (χ2v) is 4.32. The summed E-state index contributed by atoms with van der Waals surface area (Å²) >= 11 is 0. The minimum atomic E-state index is 0.597. The summed E-state index contributed by atoms with van der Waals surface area (Å²) in [5.74, 6) is 1.42. The van der Waals surface area contributed by atoms with Gasteiger partial charge in [-0.05, 0) is 24.6 Å². The Kier molecular flexibility index (Phi) is 3.12. The molecule has 3 aromatic rings. The van der Waals surface area contributed by atoms with Gasteiger partial charge in [-0.2, -0.15) is 0 Å². The lowest BCUT2D eigenvalue weighted by molar-refractivity contribution is 0.398. The summed E-state index contributed by atoms with van der Waals surface area (Å²) in [6, 6.07) is 5.85. The quantitative estimate of drug-likeness (QED) is 0.726. The molecule has 0 spiro atoms. The minimum absolute atomic E-state index is 0.597. The van der Waals surface area contributed by atoms with Gasteiger partial charge in [-0.1, -0.05) is 0 Å².